The van der Waals surface area contributed by atoms with E-state index in [0.717, 1.165) is 11.1 Å². The molecule has 0 aliphatic carbocycles. The molecule has 0 amide bonds. The first-order chi connectivity index (χ1) is 12.2. The van der Waals surface area contributed by atoms with Crippen molar-refractivity contribution in [1.29, 1.82) is 0 Å². The van der Waals surface area contributed by atoms with Crippen LogP contribution in [0.15, 0.2) is 65.2 Å². The van der Waals surface area contributed by atoms with Crippen molar-refractivity contribution in [2.45, 2.75) is 12.5 Å². The second-order valence-electron chi connectivity index (χ2n) is 5.36. The summed E-state index contributed by atoms with van der Waals surface area (Å²) in [7, 11) is 1.29. The van der Waals surface area contributed by atoms with Crippen LogP contribution in [0.5, 0.6) is 11.8 Å². The molecule has 0 bridgehead atoms. The fourth-order valence-electron chi connectivity index (χ4n) is 2.32. The molecule has 1 aromatic heterocycles. The summed E-state index contributed by atoms with van der Waals surface area (Å²) in [5.41, 5.74) is 1.67. The first-order valence-corrected chi connectivity index (χ1v) is 7.69. The molecule has 25 heavy (non-hydrogen) atoms. The largest absolute Gasteiger partial charge is 0.508 e. The monoisotopic (exact) mass is 339 g/mol. The van der Waals surface area contributed by atoms with Gasteiger partial charge >= 0.3 is 12.0 Å². The number of esters is 1. The number of methoxy groups -OCH3 is 1. The number of nitrogens with zero attached hydrogens (tertiary/aromatic N) is 1. The predicted molar refractivity (Wildman–Crippen MR) is 90.2 cm³/mol. The molecule has 0 fully saturated rings. The van der Waals surface area contributed by atoms with Gasteiger partial charge in [-0.2, -0.15) is 4.98 Å². The van der Waals surface area contributed by atoms with E-state index in [1.54, 1.807) is 30.5 Å². The van der Waals surface area contributed by atoms with Gasteiger partial charge in [-0.3, -0.25) is 0 Å². The topological polar surface area (TPSA) is 81.8 Å². The summed E-state index contributed by atoms with van der Waals surface area (Å²) < 4.78 is 15.9. The van der Waals surface area contributed by atoms with Crippen molar-refractivity contribution in [1.82, 2.24) is 4.98 Å². The molecule has 6 heteroatoms. The number of hydrogen-bond acceptors (Lipinski definition) is 6. The molecule has 1 unspecified atom stereocenters. The molecule has 2 aromatic carbocycles. The Morgan fingerprint density at radius 3 is 2.56 bits per heavy atom. The van der Waals surface area contributed by atoms with Crippen LogP contribution >= 0.6 is 0 Å². The van der Waals surface area contributed by atoms with Crippen LogP contribution in [0.4, 0.5) is 0 Å². The van der Waals surface area contributed by atoms with Crippen LogP contribution in [0.25, 0.3) is 11.3 Å². The van der Waals surface area contributed by atoms with Gasteiger partial charge in [0.15, 0.2) is 5.76 Å². The molecular formula is C19H17NO5. The molecule has 3 rings (SSSR count). The third-order valence-electron chi connectivity index (χ3n) is 3.61. The molecule has 128 valence electrons. The maximum absolute atomic E-state index is 12.0. The van der Waals surface area contributed by atoms with Crippen LogP contribution in [0.3, 0.4) is 0 Å². The van der Waals surface area contributed by atoms with E-state index in [1.807, 2.05) is 30.3 Å². The average molecular weight is 339 g/mol. The summed E-state index contributed by atoms with van der Waals surface area (Å²) in [4.78, 5) is 16.1. The Kier molecular flexibility index (Phi) is 4.99. The van der Waals surface area contributed by atoms with Gasteiger partial charge in [0, 0.05) is 12.0 Å². The zero-order chi connectivity index (χ0) is 17.6. The molecule has 0 radical (unpaired) electrons. The molecule has 0 aliphatic rings. The predicted octanol–water partition coefficient (Wildman–Crippen LogP) is 3.21. The Morgan fingerprint density at radius 2 is 1.88 bits per heavy atom. The third kappa shape index (κ3) is 4.17. The number of hydrogen-bond donors (Lipinski definition) is 1. The highest BCUT2D eigenvalue weighted by molar-refractivity contribution is 5.75. The summed E-state index contributed by atoms with van der Waals surface area (Å²) in [6.45, 7) is 0. The highest BCUT2D eigenvalue weighted by Gasteiger charge is 2.24. The number of rotatable bonds is 6. The Bertz CT molecular complexity index is 827. The molecule has 6 nitrogen and oxygen atoms in total. The van der Waals surface area contributed by atoms with E-state index in [9.17, 15) is 9.90 Å². The molecule has 3 aromatic rings. The highest BCUT2D eigenvalue weighted by atomic mass is 16.6. The Hall–Kier alpha value is -3.28. The number of oxazole rings is 1. The number of phenols is 1. The van der Waals surface area contributed by atoms with E-state index in [1.165, 1.54) is 7.11 Å². The van der Waals surface area contributed by atoms with Crippen LogP contribution in [0, 0.1) is 0 Å². The minimum Gasteiger partial charge on any atom is -0.508 e. The molecule has 0 saturated carbocycles. The van der Waals surface area contributed by atoms with Crippen molar-refractivity contribution in [3.8, 4) is 23.1 Å². The van der Waals surface area contributed by atoms with Crippen molar-refractivity contribution >= 4 is 5.97 Å². The lowest BCUT2D eigenvalue weighted by molar-refractivity contribution is -0.149. The molecule has 0 spiro atoms. The van der Waals surface area contributed by atoms with Gasteiger partial charge < -0.3 is 19.0 Å². The van der Waals surface area contributed by atoms with Gasteiger partial charge in [0.05, 0.1) is 13.3 Å². The third-order valence-corrected chi connectivity index (χ3v) is 3.61. The molecule has 0 aliphatic heterocycles. The van der Waals surface area contributed by atoms with Crippen LogP contribution in [-0.2, 0) is 16.0 Å². The van der Waals surface area contributed by atoms with E-state index in [0.29, 0.717) is 5.76 Å². The smallest absolute Gasteiger partial charge is 0.394 e. The first-order valence-electron chi connectivity index (χ1n) is 7.69. The average Bonchev–Trinajstić information content (AvgIpc) is 3.11. The molecule has 1 N–H and O–H groups in total. The number of benzene rings is 2. The first kappa shape index (κ1) is 16.6. The van der Waals surface area contributed by atoms with Crippen LogP contribution in [-0.4, -0.2) is 29.3 Å². The van der Waals surface area contributed by atoms with E-state index in [-0.39, 0.29) is 18.2 Å². The van der Waals surface area contributed by atoms with Crippen LogP contribution in [0.2, 0.25) is 0 Å². The number of aromatic hydroxyl groups is 1. The van der Waals surface area contributed by atoms with E-state index in [2.05, 4.69) is 4.98 Å². The Labute approximate surface area is 144 Å². The molecule has 1 atom stereocenters. The summed E-state index contributed by atoms with van der Waals surface area (Å²) in [5.74, 6) is 0.163. The lowest BCUT2D eigenvalue weighted by Gasteiger charge is -2.14. The normalized spacial score (nSPS) is 11.7. The zero-order valence-electron chi connectivity index (χ0n) is 13.6. The lowest BCUT2D eigenvalue weighted by atomic mass is 10.1. The quantitative estimate of drug-likeness (QED) is 0.695. The number of aromatic nitrogens is 1. The maximum atomic E-state index is 12.0. The number of ether oxygens (including phenoxy) is 2. The second-order valence-corrected chi connectivity index (χ2v) is 5.36. The number of carbonyl (C=O) groups is 1. The van der Waals surface area contributed by atoms with Crippen LogP contribution < -0.4 is 4.74 Å². The van der Waals surface area contributed by atoms with Crippen LogP contribution in [0.1, 0.15) is 5.56 Å². The number of phenolic OH excluding ortho intramolecular Hbond substituents is 1. The standard InChI is InChI=1S/C19H17NO5/c1-23-18(22)16(11-13-7-9-15(21)10-8-13)24-19-20-12-17(25-19)14-5-3-2-4-6-14/h2-10,12,16,21H,11H2,1H3. The van der Waals surface area contributed by atoms with E-state index >= 15 is 0 Å². The van der Waals surface area contributed by atoms with Gasteiger partial charge in [0.2, 0.25) is 6.10 Å². The van der Waals surface area contributed by atoms with E-state index in [4.69, 9.17) is 13.9 Å². The van der Waals surface area contributed by atoms with Gasteiger partial charge in [-0.25, -0.2) is 4.79 Å². The lowest BCUT2D eigenvalue weighted by Crippen LogP contribution is -2.31. The maximum Gasteiger partial charge on any atom is 0.394 e. The fraction of sp³-hybridized carbons (Fsp3) is 0.158. The minimum absolute atomic E-state index is 0.00645. The zero-order valence-corrected chi connectivity index (χ0v) is 13.6. The van der Waals surface area contributed by atoms with Crippen molar-refractivity contribution in [3.05, 3.63) is 66.4 Å². The van der Waals surface area contributed by atoms with E-state index < -0.39 is 12.1 Å². The SMILES string of the molecule is COC(=O)C(Cc1ccc(O)cc1)Oc1ncc(-c2ccccc2)o1. The second kappa shape index (κ2) is 7.53. The number of carbonyl (C=O) groups excluding carboxylic acids is 1. The van der Waals surface area contributed by atoms with Crippen molar-refractivity contribution in [2.75, 3.05) is 7.11 Å². The summed E-state index contributed by atoms with van der Waals surface area (Å²) in [6, 6.07) is 16.0. The van der Waals surface area contributed by atoms with Crippen molar-refractivity contribution in [3.63, 3.8) is 0 Å². The van der Waals surface area contributed by atoms with Gasteiger partial charge in [-0.1, -0.05) is 42.5 Å². The fourth-order valence-corrected chi connectivity index (χ4v) is 2.32. The molecule has 0 saturated heterocycles. The van der Waals surface area contributed by atoms with Gasteiger partial charge in [-0.05, 0) is 17.7 Å². The summed E-state index contributed by atoms with van der Waals surface area (Å²) in [6.07, 6.45) is 0.889. The van der Waals surface area contributed by atoms with Gasteiger partial charge in [0.25, 0.3) is 0 Å². The summed E-state index contributed by atoms with van der Waals surface area (Å²) in [5, 5.41) is 9.34. The highest BCUT2D eigenvalue weighted by Crippen LogP contribution is 2.24. The van der Waals surface area contributed by atoms with Crippen molar-refractivity contribution < 1.29 is 23.8 Å². The van der Waals surface area contributed by atoms with Gasteiger partial charge in [-0.15, -0.1) is 0 Å². The molecule has 1 heterocycles. The molecular weight excluding hydrogens is 322 g/mol. The Morgan fingerprint density at radius 1 is 1.16 bits per heavy atom. The minimum atomic E-state index is -0.906. The van der Waals surface area contributed by atoms with Crippen molar-refractivity contribution in [2.24, 2.45) is 0 Å². The summed E-state index contributed by atoms with van der Waals surface area (Å²) >= 11 is 0. The Balaban J connectivity index is 1.75. The van der Waals surface area contributed by atoms with Gasteiger partial charge in [0.1, 0.15) is 5.75 Å².